The molecule has 182 valence electrons. The van der Waals surface area contributed by atoms with Gasteiger partial charge in [0, 0.05) is 42.4 Å². The lowest BCUT2D eigenvalue weighted by atomic mass is 9.64. The molecule has 9 heteroatoms. The molecule has 4 heterocycles. The minimum absolute atomic E-state index is 0.0677. The monoisotopic (exact) mass is 478 g/mol. The third-order valence-corrected chi connectivity index (χ3v) is 7.36. The molecule has 8 nitrogen and oxygen atoms in total. The van der Waals surface area contributed by atoms with Gasteiger partial charge in [-0.25, -0.2) is 4.39 Å². The lowest BCUT2D eigenvalue weighted by Crippen LogP contribution is -2.50. The Morgan fingerprint density at radius 2 is 2.17 bits per heavy atom. The van der Waals surface area contributed by atoms with Crippen molar-refractivity contribution in [3.8, 4) is 22.8 Å². The maximum Gasteiger partial charge on any atom is 0.255 e. The number of carbonyl (C=O) groups excluding carboxylic acids is 1. The molecule has 2 aromatic heterocycles. The van der Waals surface area contributed by atoms with E-state index in [1.54, 1.807) is 24.5 Å². The van der Waals surface area contributed by atoms with Gasteiger partial charge in [0.15, 0.2) is 11.6 Å². The minimum Gasteiger partial charge on any atom is -0.492 e. The molecule has 6 rings (SSSR count). The van der Waals surface area contributed by atoms with E-state index in [-0.39, 0.29) is 23.2 Å². The summed E-state index contributed by atoms with van der Waals surface area (Å²) in [4.78, 5) is 21.0. The molecule has 1 aromatic carbocycles. The van der Waals surface area contributed by atoms with Crippen LogP contribution < -0.4 is 20.1 Å². The van der Waals surface area contributed by atoms with Crippen molar-refractivity contribution in [2.75, 3.05) is 32.2 Å². The molecule has 0 radical (unpaired) electrons. The van der Waals surface area contributed by atoms with E-state index < -0.39 is 5.82 Å². The number of aromatic amines is 1. The molecule has 1 spiro atoms. The van der Waals surface area contributed by atoms with Crippen molar-refractivity contribution in [3.63, 3.8) is 0 Å². The van der Waals surface area contributed by atoms with Crippen LogP contribution in [0.25, 0.3) is 11.3 Å². The first-order valence-corrected chi connectivity index (χ1v) is 11.9. The summed E-state index contributed by atoms with van der Waals surface area (Å²) < 4.78 is 31.4. The number of aromatic nitrogens is 2. The number of rotatable bonds is 7. The van der Waals surface area contributed by atoms with Crippen LogP contribution in [0.4, 0.5) is 15.8 Å². The van der Waals surface area contributed by atoms with E-state index in [1.807, 2.05) is 6.07 Å². The minimum atomic E-state index is -0.489. The van der Waals surface area contributed by atoms with E-state index in [0.29, 0.717) is 41.5 Å². The van der Waals surface area contributed by atoms with Crippen molar-refractivity contribution in [2.24, 2.45) is 0 Å². The molecule has 1 aliphatic carbocycles. The zero-order valence-electron chi connectivity index (χ0n) is 19.4. The number of hydrogen-bond acceptors (Lipinski definition) is 6. The molecular formula is C26H27FN4O4. The van der Waals surface area contributed by atoms with Crippen LogP contribution in [0, 0.1) is 5.82 Å². The smallest absolute Gasteiger partial charge is 0.255 e. The van der Waals surface area contributed by atoms with Gasteiger partial charge >= 0.3 is 0 Å². The lowest BCUT2D eigenvalue weighted by molar-refractivity contribution is -0.0720. The molecule has 0 bridgehead atoms. The number of nitrogens with zero attached hydrogens (tertiary/aromatic N) is 1. The summed E-state index contributed by atoms with van der Waals surface area (Å²) in [5, 5.41) is 6.38. The number of halogens is 1. The van der Waals surface area contributed by atoms with Crippen LogP contribution in [0.2, 0.25) is 0 Å². The van der Waals surface area contributed by atoms with Gasteiger partial charge in [-0.05, 0) is 31.0 Å². The molecule has 3 aromatic rings. The molecule has 1 atom stereocenters. The number of nitrogens with one attached hydrogen (secondary N) is 3. The second-order valence-corrected chi connectivity index (χ2v) is 9.35. The zero-order chi connectivity index (χ0) is 24.0. The number of ether oxygens (including phenoxy) is 3. The standard InChI is InChI=1S/C26H27FN4O4/c1-33-23-17(27)4-2-5-18(23)30-22-20-24(26(8-3-9-26)14-29-25(20)32)31-21(22)16-6-10-28-12-19(16)35-13-15-7-11-34-15/h2,4-6,10,12,15,30-31H,3,7-9,11,13-14H2,1H3,(H,29,32)/t15-/m0/s1. The topological polar surface area (TPSA) is 97.5 Å². The number of methoxy groups -OCH3 is 1. The van der Waals surface area contributed by atoms with Crippen molar-refractivity contribution in [3.05, 3.63) is 53.7 Å². The Balaban J connectivity index is 1.50. The highest BCUT2D eigenvalue weighted by Crippen LogP contribution is 2.51. The summed E-state index contributed by atoms with van der Waals surface area (Å²) in [6, 6.07) is 6.52. The Hall–Kier alpha value is -3.59. The Labute approximate surface area is 202 Å². The Morgan fingerprint density at radius 3 is 2.89 bits per heavy atom. The summed E-state index contributed by atoms with van der Waals surface area (Å²) in [6.07, 6.45) is 7.46. The normalized spacial score (nSPS) is 19.8. The van der Waals surface area contributed by atoms with Gasteiger partial charge < -0.3 is 29.8 Å². The van der Waals surface area contributed by atoms with Gasteiger partial charge in [0.1, 0.15) is 12.4 Å². The van der Waals surface area contributed by atoms with E-state index in [2.05, 4.69) is 20.6 Å². The van der Waals surface area contributed by atoms with Gasteiger partial charge in [-0.2, -0.15) is 0 Å². The van der Waals surface area contributed by atoms with Crippen LogP contribution in [0.15, 0.2) is 36.7 Å². The number of amides is 1. The Morgan fingerprint density at radius 1 is 1.31 bits per heavy atom. The van der Waals surface area contributed by atoms with Gasteiger partial charge in [-0.3, -0.25) is 9.78 Å². The summed E-state index contributed by atoms with van der Waals surface area (Å²) in [5.41, 5.74) is 3.76. The van der Waals surface area contributed by atoms with Gasteiger partial charge in [0.2, 0.25) is 0 Å². The number of para-hydroxylation sites is 1. The fraction of sp³-hybridized carbons (Fsp3) is 0.385. The van der Waals surface area contributed by atoms with Crippen LogP contribution in [0.1, 0.15) is 41.7 Å². The molecule has 2 fully saturated rings. The van der Waals surface area contributed by atoms with Crippen LogP contribution >= 0.6 is 0 Å². The van der Waals surface area contributed by atoms with Gasteiger partial charge in [0.25, 0.3) is 5.91 Å². The van der Waals surface area contributed by atoms with Crippen LogP contribution in [0.5, 0.6) is 11.5 Å². The van der Waals surface area contributed by atoms with Crippen molar-refractivity contribution in [2.45, 2.75) is 37.2 Å². The maximum absolute atomic E-state index is 14.5. The van der Waals surface area contributed by atoms with Crippen LogP contribution in [-0.4, -0.2) is 48.8 Å². The Bertz CT molecular complexity index is 1280. The lowest BCUT2D eigenvalue weighted by Gasteiger charge is -2.44. The van der Waals surface area contributed by atoms with Crippen LogP contribution in [-0.2, 0) is 10.2 Å². The number of hydrogen-bond donors (Lipinski definition) is 3. The Kier molecular flexibility index (Phi) is 5.36. The van der Waals surface area contributed by atoms with Gasteiger partial charge in [-0.15, -0.1) is 0 Å². The highest BCUT2D eigenvalue weighted by atomic mass is 19.1. The maximum atomic E-state index is 14.5. The summed E-state index contributed by atoms with van der Waals surface area (Å²) in [6.45, 7) is 1.77. The fourth-order valence-electron chi connectivity index (χ4n) is 5.16. The van der Waals surface area contributed by atoms with E-state index in [1.165, 1.54) is 13.2 Å². The summed E-state index contributed by atoms with van der Waals surface area (Å²) in [5.74, 6) is 0.00400. The zero-order valence-corrected chi connectivity index (χ0v) is 19.4. The molecular weight excluding hydrogens is 451 g/mol. The molecule has 0 unspecified atom stereocenters. The predicted octanol–water partition coefficient (Wildman–Crippen LogP) is 4.30. The SMILES string of the molecule is COc1c(F)cccc1Nc1c(-c2ccncc2OC[C@@H]2CCO2)[nH]c2c1C(=O)NCC21CCC1. The number of anilines is 2. The summed E-state index contributed by atoms with van der Waals surface area (Å²) in [7, 11) is 1.42. The first-order valence-electron chi connectivity index (χ1n) is 11.9. The molecule has 2 aliphatic heterocycles. The molecule has 35 heavy (non-hydrogen) atoms. The first kappa shape index (κ1) is 21.9. The molecule has 3 aliphatic rings. The van der Waals surface area contributed by atoms with Gasteiger partial charge in [-0.1, -0.05) is 12.5 Å². The third kappa shape index (κ3) is 3.61. The number of carbonyl (C=O) groups is 1. The largest absolute Gasteiger partial charge is 0.492 e. The van der Waals surface area contributed by atoms with Crippen molar-refractivity contribution < 1.29 is 23.4 Å². The van der Waals surface area contributed by atoms with E-state index in [9.17, 15) is 9.18 Å². The highest BCUT2D eigenvalue weighted by Gasteiger charge is 2.47. The predicted molar refractivity (Wildman–Crippen MR) is 128 cm³/mol. The van der Waals surface area contributed by atoms with Crippen molar-refractivity contribution in [1.82, 2.24) is 15.3 Å². The van der Waals surface area contributed by atoms with E-state index in [4.69, 9.17) is 14.2 Å². The highest BCUT2D eigenvalue weighted by molar-refractivity contribution is 6.07. The number of fused-ring (bicyclic) bond motifs is 2. The second-order valence-electron chi connectivity index (χ2n) is 9.35. The van der Waals surface area contributed by atoms with Crippen LogP contribution in [0.3, 0.4) is 0 Å². The summed E-state index contributed by atoms with van der Waals surface area (Å²) >= 11 is 0. The average molecular weight is 479 g/mol. The molecule has 1 saturated carbocycles. The molecule has 3 N–H and O–H groups in total. The fourth-order valence-corrected chi connectivity index (χ4v) is 5.16. The second kappa shape index (κ2) is 8.57. The van der Waals surface area contributed by atoms with Crippen molar-refractivity contribution in [1.29, 1.82) is 0 Å². The average Bonchev–Trinajstić information content (AvgIpc) is 3.18. The van der Waals surface area contributed by atoms with Gasteiger partial charge in [0.05, 0.1) is 42.0 Å². The van der Waals surface area contributed by atoms with E-state index in [0.717, 1.165) is 43.5 Å². The number of benzene rings is 1. The number of H-pyrrole nitrogens is 1. The quantitative estimate of drug-likeness (QED) is 0.469. The van der Waals surface area contributed by atoms with Crippen molar-refractivity contribution >= 4 is 17.3 Å². The molecule has 1 amide bonds. The first-order chi connectivity index (χ1) is 17.1. The third-order valence-electron chi connectivity index (χ3n) is 7.36. The molecule has 1 saturated heterocycles. The van der Waals surface area contributed by atoms with E-state index >= 15 is 0 Å². The number of pyridine rings is 1.